The molecule has 90 valence electrons. The quantitative estimate of drug-likeness (QED) is 0.920. The number of nitriles is 1. The Bertz CT molecular complexity index is 546. The number of rotatable bonds is 4. The highest BCUT2D eigenvalue weighted by molar-refractivity contribution is 9.10. The fraction of sp³-hybridized carbons (Fsp3) is 0.133. The van der Waals surface area contributed by atoms with Crippen LogP contribution in [0, 0.1) is 11.3 Å². The molecule has 0 aromatic heterocycles. The van der Waals surface area contributed by atoms with Crippen molar-refractivity contribution in [1.82, 2.24) is 0 Å². The largest absolute Gasteiger partial charge is 0.383 e. The molecule has 0 fully saturated rings. The van der Waals surface area contributed by atoms with Gasteiger partial charge in [0, 0.05) is 16.7 Å². The summed E-state index contributed by atoms with van der Waals surface area (Å²) in [4.78, 5) is 0. The smallest absolute Gasteiger partial charge is 0.0885 e. The average Bonchev–Trinajstić information content (AvgIpc) is 2.41. The van der Waals surface area contributed by atoms with E-state index >= 15 is 0 Å². The Morgan fingerprint density at radius 3 is 2.56 bits per heavy atom. The first-order chi connectivity index (χ1) is 8.79. The maximum Gasteiger partial charge on any atom is 0.0885 e. The van der Waals surface area contributed by atoms with Gasteiger partial charge in [-0.1, -0.05) is 52.3 Å². The Balaban J connectivity index is 2.03. The molecule has 2 aromatic carbocycles. The van der Waals surface area contributed by atoms with Gasteiger partial charge in [0.15, 0.2) is 0 Å². The van der Waals surface area contributed by atoms with Gasteiger partial charge in [0.25, 0.3) is 0 Å². The number of benzene rings is 2. The summed E-state index contributed by atoms with van der Waals surface area (Å²) in [7, 11) is 0. The third-order valence-electron chi connectivity index (χ3n) is 2.69. The Kier molecular flexibility index (Phi) is 4.38. The number of nitrogens with zero attached hydrogens (tertiary/aromatic N) is 1. The van der Waals surface area contributed by atoms with E-state index < -0.39 is 0 Å². The van der Waals surface area contributed by atoms with E-state index in [0.717, 1.165) is 15.7 Å². The minimum atomic E-state index is -0.134. The van der Waals surface area contributed by atoms with E-state index in [2.05, 4.69) is 27.3 Å². The summed E-state index contributed by atoms with van der Waals surface area (Å²) >= 11 is 3.43. The third-order valence-corrected chi connectivity index (χ3v) is 3.19. The Hall–Kier alpha value is -1.79. The molecule has 2 rings (SSSR count). The second kappa shape index (κ2) is 6.23. The van der Waals surface area contributed by atoms with Gasteiger partial charge in [0.05, 0.1) is 12.0 Å². The predicted molar refractivity (Wildman–Crippen MR) is 77.4 cm³/mol. The van der Waals surface area contributed by atoms with Crippen molar-refractivity contribution in [2.45, 2.75) is 5.92 Å². The Labute approximate surface area is 115 Å². The topological polar surface area (TPSA) is 35.8 Å². The van der Waals surface area contributed by atoms with E-state index in [1.807, 2.05) is 54.6 Å². The van der Waals surface area contributed by atoms with Crippen molar-refractivity contribution in [3.63, 3.8) is 0 Å². The molecule has 0 spiro atoms. The molecule has 0 amide bonds. The summed E-state index contributed by atoms with van der Waals surface area (Å²) in [5, 5.41) is 12.5. The minimum Gasteiger partial charge on any atom is -0.383 e. The van der Waals surface area contributed by atoms with Crippen LogP contribution in [-0.4, -0.2) is 6.54 Å². The molecule has 0 aliphatic heterocycles. The van der Waals surface area contributed by atoms with Crippen LogP contribution in [0.5, 0.6) is 0 Å². The SMILES string of the molecule is N#CC(CNc1cccc(Br)c1)c1ccccc1. The van der Waals surface area contributed by atoms with Crippen LogP contribution in [0.4, 0.5) is 5.69 Å². The van der Waals surface area contributed by atoms with Crippen LogP contribution >= 0.6 is 15.9 Å². The highest BCUT2D eigenvalue weighted by Crippen LogP contribution is 2.18. The zero-order valence-electron chi connectivity index (χ0n) is 9.81. The zero-order chi connectivity index (χ0) is 12.8. The molecule has 0 saturated carbocycles. The first-order valence-corrected chi connectivity index (χ1v) is 6.53. The van der Waals surface area contributed by atoms with Crippen LogP contribution in [0.15, 0.2) is 59.1 Å². The maximum atomic E-state index is 9.21. The molecule has 0 radical (unpaired) electrons. The van der Waals surface area contributed by atoms with Gasteiger partial charge in [-0.2, -0.15) is 5.26 Å². The van der Waals surface area contributed by atoms with Crippen LogP contribution in [-0.2, 0) is 0 Å². The maximum absolute atomic E-state index is 9.21. The molecule has 0 heterocycles. The summed E-state index contributed by atoms with van der Waals surface area (Å²) in [6, 6.07) is 20.1. The number of hydrogen-bond acceptors (Lipinski definition) is 2. The molecule has 1 atom stereocenters. The molecule has 1 unspecified atom stereocenters. The van der Waals surface area contributed by atoms with Gasteiger partial charge < -0.3 is 5.32 Å². The van der Waals surface area contributed by atoms with Gasteiger partial charge >= 0.3 is 0 Å². The van der Waals surface area contributed by atoms with Gasteiger partial charge in [0.1, 0.15) is 0 Å². The van der Waals surface area contributed by atoms with E-state index in [-0.39, 0.29) is 5.92 Å². The van der Waals surface area contributed by atoms with Gasteiger partial charge in [-0.3, -0.25) is 0 Å². The molecule has 18 heavy (non-hydrogen) atoms. The van der Waals surface area contributed by atoms with Crippen molar-refractivity contribution in [2.75, 3.05) is 11.9 Å². The monoisotopic (exact) mass is 300 g/mol. The molecule has 0 aliphatic rings. The van der Waals surface area contributed by atoms with Gasteiger partial charge in [-0.25, -0.2) is 0 Å². The lowest BCUT2D eigenvalue weighted by Crippen LogP contribution is -2.11. The van der Waals surface area contributed by atoms with Crippen molar-refractivity contribution in [3.05, 3.63) is 64.6 Å². The summed E-state index contributed by atoms with van der Waals surface area (Å²) < 4.78 is 1.03. The van der Waals surface area contributed by atoms with Crippen molar-refractivity contribution < 1.29 is 0 Å². The fourth-order valence-electron chi connectivity index (χ4n) is 1.74. The van der Waals surface area contributed by atoms with E-state index in [9.17, 15) is 5.26 Å². The number of nitrogens with one attached hydrogen (secondary N) is 1. The van der Waals surface area contributed by atoms with E-state index in [4.69, 9.17) is 0 Å². The lowest BCUT2D eigenvalue weighted by molar-refractivity contribution is 0.900. The van der Waals surface area contributed by atoms with Crippen LogP contribution in [0.1, 0.15) is 11.5 Å². The van der Waals surface area contributed by atoms with Gasteiger partial charge in [-0.05, 0) is 23.8 Å². The molecule has 0 saturated heterocycles. The van der Waals surface area contributed by atoms with Crippen LogP contribution in [0.3, 0.4) is 0 Å². The minimum absolute atomic E-state index is 0.134. The Morgan fingerprint density at radius 1 is 1.11 bits per heavy atom. The van der Waals surface area contributed by atoms with Crippen LogP contribution < -0.4 is 5.32 Å². The lowest BCUT2D eigenvalue weighted by Gasteiger charge is -2.12. The first kappa shape index (κ1) is 12.7. The van der Waals surface area contributed by atoms with Crippen molar-refractivity contribution in [1.29, 1.82) is 5.26 Å². The average molecular weight is 301 g/mol. The van der Waals surface area contributed by atoms with Crippen LogP contribution in [0.25, 0.3) is 0 Å². The second-order valence-corrected chi connectivity index (χ2v) is 4.90. The predicted octanol–water partition coefficient (Wildman–Crippen LogP) is 4.17. The Morgan fingerprint density at radius 2 is 1.89 bits per heavy atom. The molecule has 1 N–H and O–H groups in total. The molecule has 2 aromatic rings. The summed E-state index contributed by atoms with van der Waals surface area (Å²) in [6.07, 6.45) is 0. The molecule has 2 nitrogen and oxygen atoms in total. The van der Waals surface area contributed by atoms with E-state index in [1.165, 1.54) is 0 Å². The third kappa shape index (κ3) is 3.35. The molecular formula is C15H13BrN2. The van der Waals surface area contributed by atoms with Gasteiger partial charge in [0.2, 0.25) is 0 Å². The zero-order valence-corrected chi connectivity index (χ0v) is 11.4. The van der Waals surface area contributed by atoms with Crippen molar-refractivity contribution >= 4 is 21.6 Å². The van der Waals surface area contributed by atoms with E-state index in [1.54, 1.807) is 0 Å². The van der Waals surface area contributed by atoms with Gasteiger partial charge in [-0.15, -0.1) is 0 Å². The first-order valence-electron chi connectivity index (χ1n) is 5.73. The normalized spacial score (nSPS) is 11.6. The molecule has 0 aliphatic carbocycles. The van der Waals surface area contributed by atoms with Crippen molar-refractivity contribution in [3.8, 4) is 6.07 Å². The number of anilines is 1. The lowest BCUT2D eigenvalue weighted by atomic mass is 10.0. The summed E-state index contributed by atoms with van der Waals surface area (Å²) in [5.74, 6) is -0.134. The molecule has 0 bridgehead atoms. The highest BCUT2D eigenvalue weighted by Gasteiger charge is 2.09. The summed E-state index contributed by atoms with van der Waals surface area (Å²) in [6.45, 7) is 0.608. The number of halogens is 1. The fourth-order valence-corrected chi connectivity index (χ4v) is 2.14. The number of hydrogen-bond donors (Lipinski definition) is 1. The second-order valence-electron chi connectivity index (χ2n) is 3.98. The standard InChI is InChI=1S/C15H13BrN2/c16-14-7-4-8-15(9-14)18-11-13(10-17)12-5-2-1-3-6-12/h1-9,13,18H,11H2. The molecular weight excluding hydrogens is 288 g/mol. The summed E-state index contributed by atoms with van der Waals surface area (Å²) in [5.41, 5.74) is 2.06. The van der Waals surface area contributed by atoms with Crippen molar-refractivity contribution in [2.24, 2.45) is 0 Å². The van der Waals surface area contributed by atoms with Crippen LogP contribution in [0.2, 0.25) is 0 Å². The highest BCUT2D eigenvalue weighted by atomic mass is 79.9. The van der Waals surface area contributed by atoms with E-state index in [0.29, 0.717) is 6.54 Å². The molecule has 3 heteroatoms.